The minimum absolute atomic E-state index is 0.226. The molecule has 0 bridgehead atoms. The van der Waals surface area contributed by atoms with E-state index in [1.807, 2.05) is 0 Å². The summed E-state index contributed by atoms with van der Waals surface area (Å²) in [6, 6.07) is 0. The average Bonchev–Trinajstić information content (AvgIpc) is 1.98. The summed E-state index contributed by atoms with van der Waals surface area (Å²) in [5, 5.41) is 2.87. The molecule has 0 rings (SSSR count). The first-order valence-electron chi connectivity index (χ1n) is 5.21. The van der Waals surface area contributed by atoms with Crippen LogP contribution < -0.4 is 5.32 Å². The van der Waals surface area contributed by atoms with Gasteiger partial charge in [0.05, 0.1) is 5.37 Å². The molecule has 0 aliphatic heterocycles. The molecule has 0 aromatic rings. The van der Waals surface area contributed by atoms with Gasteiger partial charge in [-0.15, -0.1) is 0 Å². The number of hydrogen-bond acceptors (Lipinski definition) is 4. The second-order valence-electron chi connectivity index (χ2n) is 4.78. The minimum atomic E-state index is -3.97. The monoisotopic (exact) mass is 286 g/mol. The number of likely N-dealkylation sites (N-methyl/N-ethyl adjacent to an activating group) is 1. The standard InChI is InChI=1S/C8H23N2O3PSSi/c1-8(15-14(11,12)13)9-6-7-10(2)16(3,4)5/h8-9H,6-7H2,1-5H3,(H2,11,12,13). The van der Waals surface area contributed by atoms with E-state index in [1.165, 1.54) is 0 Å². The highest BCUT2D eigenvalue weighted by Crippen LogP contribution is 2.51. The first-order valence-corrected chi connectivity index (χ1v) is 11.8. The molecule has 8 heteroatoms. The molecule has 0 fully saturated rings. The number of hydrogen-bond donors (Lipinski definition) is 3. The molecule has 0 radical (unpaired) electrons. The van der Waals surface area contributed by atoms with Crippen LogP contribution in [-0.4, -0.2) is 48.1 Å². The quantitative estimate of drug-likeness (QED) is 0.374. The minimum Gasteiger partial charge on any atom is -0.325 e. The molecule has 5 nitrogen and oxygen atoms in total. The maximum Gasteiger partial charge on any atom is 0.385 e. The van der Waals surface area contributed by atoms with Crippen molar-refractivity contribution >= 4 is 26.4 Å². The van der Waals surface area contributed by atoms with Crippen LogP contribution in [0.3, 0.4) is 0 Å². The zero-order valence-electron chi connectivity index (χ0n) is 10.6. The van der Waals surface area contributed by atoms with Crippen LogP contribution in [0.4, 0.5) is 0 Å². The van der Waals surface area contributed by atoms with Crippen LogP contribution in [0.2, 0.25) is 19.6 Å². The van der Waals surface area contributed by atoms with Gasteiger partial charge in [0.15, 0.2) is 0 Å². The Bertz CT molecular complexity index is 256. The van der Waals surface area contributed by atoms with Gasteiger partial charge in [0, 0.05) is 13.1 Å². The van der Waals surface area contributed by atoms with Crippen LogP contribution >= 0.6 is 18.2 Å². The Morgan fingerprint density at radius 3 is 2.31 bits per heavy atom. The predicted octanol–water partition coefficient (Wildman–Crippen LogP) is 1.51. The summed E-state index contributed by atoms with van der Waals surface area (Å²) in [4.78, 5) is 17.5. The summed E-state index contributed by atoms with van der Waals surface area (Å²) in [5.41, 5.74) is 0. The lowest BCUT2D eigenvalue weighted by Crippen LogP contribution is -2.46. The van der Waals surface area contributed by atoms with Gasteiger partial charge in [-0.3, -0.25) is 0 Å². The molecule has 0 saturated heterocycles. The van der Waals surface area contributed by atoms with Gasteiger partial charge in [-0.25, -0.2) is 4.57 Å². The van der Waals surface area contributed by atoms with E-state index in [0.717, 1.165) is 13.1 Å². The molecule has 0 amide bonds. The third kappa shape index (κ3) is 8.75. The van der Waals surface area contributed by atoms with Gasteiger partial charge in [-0.1, -0.05) is 19.6 Å². The molecule has 1 atom stereocenters. The van der Waals surface area contributed by atoms with E-state index in [9.17, 15) is 4.57 Å². The van der Waals surface area contributed by atoms with Crippen LogP contribution in [0.5, 0.6) is 0 Å². The topological polar surface area (TPSA) is 72.8 Å². The van der Waals surface area contributed by atoms with Gasteiger partial charge < -0.3 is 19.7 Å². The van der Waals surface area contributed by atoms with Crippen molar-refractivity contribution in [2.75, 3.05) is 20.1 Å². The Balaban J connectivity index is 3.79. The molecule has 0 spiro atoms. The highest BCUT2D eigenvalue weighted by Gasteiger charge is 2.21. The predicted molar refractivity (Wildman–Crippen MR) is 73.1 cm³/mol. The molecule has 1 unspecified atom stereocenters. The lowest BCUT2D eigenvalue weighted by atomic mass is 10.6. The highest BCUT2D eigenvalue weighted by molar-refractivity contribution is 8.54. The van der Waals surface area contributed by atoms with Crippen molar-refractivity contribution < 1.29 is 14.4 Å². The zero-order valence-corrected chi connectivity index (χ0v) is 13.3. The first kappa shape index (κ1) is 16.6. The summed E-state index contributed by atoms with van der Waals surface area (Å²) >= 11 is 0.664. The maximum atomic E-state index is 10.7. The summed E-state index contributed by atoms with van der Waals surface area (Å²) in [6.07, 6.45) is 0. The van der Waals surface area contributed by atoms with E-state index in [4.69, 9.17) is 9.79 Å². The third-order valence-corrected chi connectivity index (χ3v) is 7.36. The molecular formula is C8H23N2O3PSSi. The smallest absolute Gasteiger partial charge is 0.325 e. The Morgan fingerprint density at radius 1 is 1.44 bits per heavy atom. The van der Waals surface area contributed by atoms with E-state index < -0.39 is 15.0 Å². The average molecular weight is 286 g/mol. The molecule has 0 aliphatic rings. The molecule has 98 valence electrons. The van der Waals surface area contributed by atoms with Crippen LogP contribution in [0.15, 0.2) is 0 Å². The molecule has 0 aromatic heterocycles. The maximum absolute atomic E-state index is 10.7. The molecular weight excluding hydrogens is 263 g/mol. The van der Waals surface area contributed by atoms with E-state index in [1.54, 1.807) is 6.92 Å². The molecule has 0 saturated carbocycles. The fraction of sp³-hybridized carbons (Fsp3) is 1.00. The zero-order chi connectivity index (χ0) is 13.0. The normalized spacial score (nSPS) is 15.5. The summed E-state index contributed by atoms with van der Waals surface area (Å²) < 4.78 is 13.0. The fourth-order valence-corrected chi connectivity index (χ4v) is 3.86. The Kier molecular flexibility index (Phi) is 6.80. The van der Waals surface area contributed by atoms with Crippen molar-refractivity contribution in [2.45, 2.75) is 31.9 Å². The summed E-state index contributed by atoms with van der Waals surface area (Å²) in [5.74, 6) is 0. The second kappa shape index (κ2) is 6.54. The van der Waals surface area contributed by atoms with Gasteiger partial charge >= 0.3 is 6.80 Å². The highest BCUT2D eigenvalue weighted by atomic mass is 32.7. The van der Waals surface area contributed by atoms with E-state index >= 15 is 0 Å². The molecule has 16 heavy (non-hydrogen) atoms. The second-order valence-corrected chi connectivity index (χ2v) is 13.8. The van der Waals surface area contributed by atoms with Gasteiger partial charge in [0.1, 0.15) is 8.24 Å². The lowest BCUT2D eigenvalue weighted by molar-refractivity contribution is 0.396. The van der Waals surface area contributed by atoms with Crippen molar-refractivity contribution in [3.63, 3.8) is 0 Å². The number of nitrogens with one attached hydrogen (secondary N) is 1. The lowest BCUT2D eigenvalue weighted by Gasteiger charge is -2.30. The van der Waals surface area contributed by atoms with E-state index in [2.05, 4.69) is 36.6 Å². The van der Waals surface area contributed by atoms with Crippen LogP contribution in [0.25, 0.3) is 0 Å². The molecule has 0 heterocycles. The molecule has 3 N–H and O–H groups in total. The van der Waals surface area contributed by atoms with Crippen LogP contribution in [0.1, 0.15) is 6.92 Å². The van der Waals surface area contributed by atoms with Gasteiger partial charge in [0.2, 0.25) is 0 Å². The van der Waals surface area contributed by atoms with Gasteiger partial charge in [-0.2, -0.15) is 0 Å². The number of nitrogens with zero attached hydrogens (tertiary/aromatic N) is 1. The fourth-order valence-electron chi connectivity index (χ4n) is 1.01. The van der Waals surface area contributed by atoms with Crippen molar-refractivity contribution in [3.05, 3.63) is 0 Å². The van der Waals surface area contributed by atoms with Crippen LogP contribution in [0, 0.1) is 0 Å². The van der Waals surface area contributed by atoms with Gasteiger partial charge in [-0.05, 0) is 25.4 Å². The largest absolute Gasteiger partial charge is 0.385 e. The van der Waals surface area contributed by atoms with E-state index in [0.29, 0.717) is 11.4 Å². The van der Waals surface area contributed by atoms with Crippen molar-refractivity contribution in [3.8, 4) is 0 Å². The van der Waals surface area contributed by atoms with Crippen LogP contribution in [-0.2, 0) is 4.57 Å². The summed E-state index contributed by atoms with van der Waals surface area (Å²) in [7, 11) is 0.845. The van der Waals surface area contributed by atoms with Crippen molar-refractivity contribution in [1.82, 2.24) is 9.88 Å². The molecule has 0 aromatic carbocycles. The van der Waals surface area contributed by atoms with Gasteiger partial charge in [0.25, 0.3) is 0 Å². The Hall–Kier alpha value is 0.637. The molecule has 0 aliphatic carbocycles. The SMILES string of the molecule is CC(NCCN(C)[Si](C)(C)C)SP(=O)(O)O. The Labute approximate surface area is 103 Å². The van der Waals surface area contributed by atoms with E-state index in [-0.39, 0.29) is 5.37 Å². The van der Waals surface area contributed by atoms with Crippen molar-refractivity contribution in [1.29, 1.82) is 0 Å². The Morgan fingerprint density at radius 2 is 1.94 bits per heavy atom. The first-order chi connectivity index (χ1) is 7.02. The summed E-state index contributed by atoms with van der Waals surface area (Å²) in [6.45, 7) is 6.24. The third-order valence-electron chi connectivity index (χ3n) is 2.32. The number of rotatable bonds is 7. The van der Waals surface area contributed by atoms with Crippen molar-refractivity contribution in [2.24, 2.45) is 0 Å².